The van der Waals surface area contributed by atoms with Crippen LogP contribution in [0.2, 0.25) is 0 Å². The van der Waals surface area contributed by atoms with Crippen LogP contribution >= 0.6 is 0 Å². The Morgan fingerprint density at radius 1 is 1.19 bits per heavy atom. The average molecular weight is 378 g/mol. The Morgan fingerprint density at radius 2 is 1.88 bits per heavy atom. The lowest BCUT2D eigenvalue weighted by Gasteiger charge is -2.13. The molecule has 0 bridgehead atoms. The summed E-state index contributed by atoms with van der Waals surface area (Å²) in [6, 6.07) is 6.43. The first kappa shape index (κ1) is 18.9. The van der Waals surface area contributed by atoms with Gasteiger partial charge in [-0.1, -0.05) is 25.8 Å². The van der Waals surface area contributed by atoms with Crippen LogP contribution in [-0.4, -0.2) is 32.0 Å². The maximum absolute atomic E-state index is 12.7. The zero-order chi connectivity index (χ0) is 18.7. The number of nitrogens with one attached hydrogen (secondary N) is 2. The van der Waals surface area contributed by atoms with Gasteiger partial charge in [0.05, 0.1) is 10.1 Å². The molecule has 0 saturated heterocycles. The summed E-state index contributed by atoms with van der Waals surface area (Å²) in [5, 5.41) is 5.17. The third kappa shape index (κ3) is 4.44. The molecule has 2 N–H and O–H groups in total. The van der Waals surface area contributed by atoms with Crippen molar-refractivity contribution in [2.24, 2.45) is 11.8 Å². The zero-order valence-electron chi connectivity index (χ0n) is 15.0. The van der Waals surface area contributed by atoms with Crippen LogP contribution in [0.25, 0.3) is 0 Å². The highest BCUT2D eigenvalue weighted by Crippen LogP contribution is 2.37. The van der Waals surface area contributed by atoms with Gasteiger partial charge in [-0.15, -0.1) is 0 Å². The number of carbonyl (C=O) groups is 2. The summed E-state index contributed by atoms with van der Waals surface area (Å²) in [4.78, 5) is 24.0. The molecule has 1 aromatic carbocycles. The number of rotatable bonds is 7. The van der Waals surface area contributed by atoms with Gasteiger partial charge in [-0.3, -0.25) is 9.59 Å². The maximum Gasteiger partial charge on any atom is 0.226 e. The van der Waals surface area contributed by atoms with Crippen LogP contribution in [0.5, 0.6) is 0 Å². The second-order valence-corrected chi connectivity index (χ2v) is 9.62. The fourth-order valence-corrected chi connectivity index (χ4v) is 5.38. The number of anilines is 1. The Labute approximate surface area is 154 Å². The highest BCUT2D eigenvalue weighted by atomic mass is 32.2. The van der Waals surface area contributed by atoms with Gasteiger partial charge in [0.25, 0.3) is 0 Å². The average Bonchev–Trinajstić information content (AvgIpc) is 3.10. The van der Waals surface area contributed by atoms with Crippen molar-refractivity contribution in [2.45, 2.75) is 55.6 Å². The van der Waals surface area contributed by atoms with Gasteiger partial charge < -0.3 is 10.6 Å². The summed E-state index contributed by atoms with van der Waals surface area (Å²) in [5.74, 6) is 0.295. The first-order valence-electron chi connectivity index (χ1n) is 9.29. The molecule has 0 aromatic heterocycles. The van der Waals surface area contributed by atoms with Crippen LogP contribution in [0.3, 0.4) is 0 Å². The second kappa shape index (κ2) is 7.78. The number of sulfone groups is 1. The summed E-state index contributed by atoms with van der Waals surface area (Å²) in [6.07, 6.45) is 4.39. The largest absolute Gasteiger partial charge is 0.355 e. The molecule has 0 spiro atoms. The quantitative estimate of drug-likeness (QED) is 0.762. The predicted molar refractivity (Wildman–Crippen MR) is 99.4 cm³/mol. The topological polar surface area (TPSA) is 92.3 Å². The van der Waals surface area contributed by atoms with Gasteiger partial charge in [-0.25, -0.2) is 8.42 Å². The lowest BCUT2D eigenvalue weighted by atomic mass is 10.3. The van der Waals surface area contributed by atoms with Gasteiger partial charge in [-0.2, -0.15) is 0 Å². The van der Waals surface area contributed by atoms with E-state index in [4.69, 9.17) is 0 Å². The molecule has 2 aliphatic carbocycles. The summed E-state index contributed by atoms with van der Waals surface area (Å²) in [7, 11) is -3.34. The van der Waals surface area contributed by atoms with E-state index in [-0.39, 0.29) is 40.8 Å². The Morgan fingerprint density at radius 3 is 2.54 bits per heavy atom. The van der Waals surface area contributed by atoms with Crippen molar-refractivity contribution in [3.8, 4) is 0 Å². The molecule has 0 heterocycles. The molecule has 2 fully saturated rings. The predicted octanol–water partition coefficient (Wildman–Crippen LogP) is 2.50. The molecule has 2 aliphatic rings. The molecule has 26 heavy (non-hydrogen) atoms. The Hall–Kier alpha value is -1.89. The molecule has 3 rings (SSSR count). The van der Waals surface area contributed by atoms with Gasteiger partial charge in [0.1, 0.15) is 0 Å². The number of hydrogen-bond donors (Lipinski definition) is 2. The summed E-state index contributed by atoms with van der Waals surface area (Å²) >= 11 is 0. The third-order valence-electron chi connectivity index (χ3n) is 5.28. The molecule has 142 valence electrons. The van der Waals surface area contributed by atoms with E-state index < -0.39 is 9.84 Å². The van der Waals surface area contributed by atoms with Crippen molar-refractivity contribution in [3.63, 3.8) is 0 Å². The fraction of sp³-hybridized carbons (Fsp3) is 0.579. The minimum Gasteiger partial charge on any atom is -0.355 e. The summed E-state index contributed by atoms with van der Waals surface area (Å²) in [5.41, 5.74) is 0.469. The summed E-state index contributed by atoms with van der Waals surface area (Å²) in [6.45, 7) is 2.32. The lowest BCUT2D eigenvalue weighted by molar-refractivity contribution is -0.122. The van der Waals surface area contributed by atoms with Crippen molar-refractivity contribution in [1.29, 1.82) is 0 Å². The van der Waals surface area contributed by atoms with Gasteiger partial charge in [0, 0.05) is 24.6 Å². The molecular weight excluding hydrogens is 352 g/mol. The molecule has 0 radical (unpaired) electrons. The van der Waals surface area contributed by atoms with Crippen LogP contribution in [0.4, 0.5) is 5.69 Å². The molecule has 7 heteroatoms. The van der Waals surface area contributed by atoms with E-state index in [0.717, 1.165) is 19.3 Å². The van der Waals surface area contributed by atoms with Gasteiger partial charge in [-0.05, 0) is 43.4 Å². The molecule has 2 saturated carbocycles. The van der Waals surface area contributed by atoms with Crippen molar-refractivity contribution in [3.05, 3.63) is 24.3 Å². The normalized spacial score (nSPS) is 22.8. The molecular formula is C19H26N2O4S. The highest BCUT2D eigenvalue weighted by Gasteiger charge is 2.38. The van der Waals surface area contributed by atoms with E-state index in [0.29, 0.717) is 24.4 Å². The van der Waals surface area contributed by atoms with E-state index in [9.17, 15) is 18.0 Å². The Kier molecular flexibility index (Phi) is 5.65. The van der Waals surface area contributed by atoms with Crippen LogP contribution < -0.4 is 10.6 Å². The molecule has 1 aromatic rings. The number of amides is 2. The van der Waals surface area contributed by atoms with Crippen LogP contribution in [0, 0.1) is 11.8 Å². The lowest BCUT2D eigenvalue weighted by Crippen LogP contribution is -2.29. The van der Waals surface area contributed by atoms with E-state index in [2.05, 4.69) is 10.6 Å². The van der Waals surface area contributed by atoms with Crippen LogP contribution in [-0.2, 0) is 19.4 Å². The number of benzene rings is 1. The number of hydrogen-bond acceptors (Lipinski definition) is 4. The fourth-order valence-electron chi connectivity index (χ4n) is 3.48. The standard InChI is InChI=1S/C19H26N2O4S/c1-13-11-17(13)19(23)20-10-9-18(22)21-14-5-4-8-16(12-14)26(24,25)15-6-2-3-7-15/h4-5,8,12-13,15,17H,2-3,6-7,9-11H2,1H3,(H,20,23)(H,21,22). The Balaban J connectivity index is 1.53. The maximum atomic E-state index is 12.7. The first-order chi connectivity index (χ1) is 12.4. The monoisotopic (exact) mass is 378 g/mol. The molecule has 6 nitrogen and oxygen atoms in total. The molecule has 2 unspecified atom stereocenters. The third-order valence-corrected chi connectivity index (χ3v) is 7.54. The molecule has 2 atom stereocenters. The highest BCUT2D eigenvalue weighted by molar-refractivity contribution is 7.92. The number of carbonyl (C=O) groups excluding carboxylic acids is 2. The molecule has 2 amide bonds. The smallest absolute Gasteiger partial charge is 0.226 e. The summed E-state index contributed by atoms with van der Waals surface area (Å²) < 4.78 is 25.3. The molecule has 0 aliphatic heterocycles. The Bertz CT molecular complexity index is 784. The minimum atomic E-state index is -3.34. The van der Waals surface area contributed by atoms with Crippen molar-refractivity contribution in [1.82, 2.24) is 5.32 Å². The van der Waals surface area contributed by atoms with E-state index in [1.54, 1.807) is 18.2 Å². The minimum absolute atomic E-state index is 0.00922. The van der Waals surface area contributed by atoms with Gasteiger partial charge in [0.15, 0.2) is 9.84 Å². The van der Waals surface area contributed by atoms with E-state index in [1.807, 2.05) is 6.92 Å². The van der Waals surface area contributed by atoms with Crippen molar-refractivity contribution in [2.75, 3.05) is 11.9 Å². The zero-order valence-corrected chi connectivity index (χ0v) is 15.8. The SMILES string of the molecule is CC1CC1C(=O)NCCC(=O)Nc1cccc(S(=O)(=O)C2CCCC2)c1. The first-order valence-corrected chi connectivity index (χ1v) is 10.8. The van der Waals surface area contributed by atoms with Crippen LogP contribution in [0.15, 0.2) is 29.2 Å². The van der Waals surface area contributed by atoms with E-state index in [1.165, 1.54) is 6.07 Å². The van der Waals surface area contributed by atoms with Crippen LogP contribution in [0.1, 0.15) is 45.4 Å². The van der Waals surface area contributed by atoms with Crippen molar-refractivity contribution >= 4 is 27.3 Å². The van der Waals surface area contributed by atoms with Crippen molar-refractivity contribution < 1.29 is 18.0 Å². The second-order valence-electron chi connectivity index (χ2n) is 7.39. The van der Waals surface area contributed by atoms with Gasteiger partial charge in [0.2, 0.25) is 11.8 Å². The van der Waals surface area contributed by atoms with E-state index >= 15 is 0 Å². The van der Waals surface area contributed by atoms with Gasteiger partial charge >= 0.3 is 0 Å².